The number of fused-ring (bicyclic) bond motifs is 1. The molecule has 2 aromatic rings. The molecule has 0 saturated carbocycles. The molecule has 0 spiro atoms. The highest BCUT2D eigenvalue weighted by Gasteiger charge is 2.20. The van der Waals surface area contributed by atoms with Crippen molar-refractivity contribution in [3.63, 3.8) is 0 Å². The van der Waals surface area contributed by atoms with E-state index in [1.807, 2.05) is 0 Å². The van der Waals surface area contributed by atoms with Gasteiger partial charge in [0.05, 0.1) is 10.4 Å². The third-order valence-corrected chi connectivity index (χ3v) is 3.65. The van der Waals surface area contributed by atoms with E-state index in [0.29, 0.717) is 15.8 Å². The van der Waals surface area contributed by atoms with Crippen LogP contribution in [0.2, 0.25) is 0 Å². The topological polar surface area (TPSA) is 117 Å². The normalized spacial score (nSPS) is 10.5. The van der Waals surface area contributed by atoms with Gasteiger partial charge in [0, 0.05) is 11.8 Å². The van der Waals surface area contributed by atoms with Crippen LogP contribution in [0, 0.1) is 0 Å². The summed E-state index contributed by atoms with van der Waals surface area (Å²) in [6.45, 7) is 0.821. The standard InChI is InChI=1S/C13H12N2O5S/c1-6(16)4-8-12-7(2-3-21-12)11(19)10(15-8)13(20)14-5-9(17)18/h2-3,19H,4-5H2,1H3,(H,14,20)(H,17,18). The van der Waals surface area contributed by atoms with Gasteiger partial charge in [0.25, 0.3) is 5.91 Å². The summed E-state index contributed by atoms with van der Waals surface area (Å²) in [5.74, 6) is -2.45. The van der Waals surface area contributed by atoms with Gasteiger partial charge in [-0.1, -0.05) is 0 Å². The Kier molecular flexibility index (Phi) is 4.18. The summed E-state index contributed by atoms with van der Waals surface area (Å²) in [5, 5.41) is 22.9. The molecule has 7 nitrogen and oxygen atoms in total. The van der Waals surface area contributed by atoms with Crippen molar-refractivity contribution in [2.75, 3.05) is 6.54 Å². The fraction of sp³-hybridized carbons (Fsp3) is 0.231. The number of carbonyl (C=O) groups excluding carboxylic acids is 2. The van der Waals surface area contributed by atoms with Gasteiger partial charge in [0.1, 0.15) is 12.3 Å². The predicted molar refractivity (Wildman–Crippen MR) is 75.6 cm³/mol. The van der Waals surface area contributed by atoms with Crippen LogP contribution in [0.4, 0.5) is 0 Å². The number of amides is 1. The maximum Gasteiger partial charge on any atom is 0.322 e. The molecule has 0 bridgehead atoms. The summed E-state index contributed by atoms with van der Waals surface area (Å²) >= 11 is 1.31. The number of ketones is 1. The molecule has 2 aromatic heterocycles. The molecule has 0 aliphatic carbocycles. The van der Waals surface area contributed by atoms with Gasteiger partial charge in [0.2, 0.25) is 0 Å². The molecule has 0 fully saturated rings. The number of carboxylic acids is 1. The average Bonchev–Trinajstić information content (AvgIpc) is 2.88. The van der Waals surface area contributed by atoms with E-state index in [9.17, 15) is 19.5 Å². The van der Waals surface area contributed by atoms with Crippen molar-refractivity contribution in [1.29, 1.82) is 0 Å². The van der Waals surface area contributed by atoms with Crippen molar-refractivity contribution in [2.45, 2.75) is 13.3 Å². The summed E-state index contributed by atoms with van der Waals surface area (Å²) in [7, 11) is 0. The van der Waals surface area contributed by atoms with E-state index in [4.69, 9.17) is 5.11 Å². The Bertz CT molecular complexity index is 737. The van der Waals surface area contributed by atoms with Gasteiger partial charge < -0.3 is 15.5 Å². The van der Waals surface area contributed by atoms with Crippen molar-refractivity contribution in [2.24, 2.45) is 0 Å². The maximum absolute atomic E-state index is 11.9. The first-order valence-corrected chi connectivity index (χ1v) is 6.86. The number of rotatable bonds is 5. The molecular weight excluding hydrogens is 296 g/mol. The number of nitrogens with zero attached hydrogens (tertiary/aromatic N) is 1. The molecule has 0 aliphatic heterocycles. The lowest BCUT2D eigenvalue weighted by molar-refractivity contribution is -0.135. The third-order valence-electron chi connectivity index (χ3n) is 2.69. The van der Waals surface area contributed by atoms with Gasteiger partial charge in [-0.2, -0.15) is 0 Å². The zero-order valence-electron chi connectivity index (χ0n) is 11.0. The molecule has 0 aliphatic rings. The summed E-state index contributed by atoms with van der Waals surface area (Å²) in [6, 6.07) is 1.62. The van der Waals surface area contributed by atoms with Crippen LogP contribution in [0.1, 0.15) is 23.1 Å². The van der Waals surface area contributed by atoms with E-state index >= 15 is 0 Å². The number of hydrogen-bond acceptors (Lipinski definition) is 6. The number of nitrogens with one attached hydrogen (secondary N) is 1. The number of carbonyl (C=O) groups is 3. The van der Waals surface area contributed by atoms with Crippen molar-refractivity contribution in [1.82, 2.24) is 10.3 Å². The Labute approximate surface area is 123 Å². The second-order valence-electron chi connectivity index (χ2n) is 4.37. The minimum atomic E-state index is -1.21. The molecule has 2 rings (SSSR count). The fourth-order valence-electron chi connectivity index (χ4n) is 1.84. The molecule has 21 heavy (non-hydrogen) atoms. The highest BCUT2D eigenvalue weighted by atomic mass is 32.1. The van der Waals surface area contributed by atoms with Gasteiger partial charge in [-0.3, -0.25) is 14.4 Å². The molecule has 0 aromatic carbocycles. The maximum atomic E-state index is 11.9. The van der Waals surface area contributed by atoms with Gasteiger partial charge in [-0.25, -0.2) is 4.98 Å². The zero-order valence-corrected chi connectivity index (χ0v) is 11.9. The number of thiophene rings is 1. The Balaban J connectivity index is 2.47. The molecule has 1 amide bonds. The predicted octanol–water partition coefficient (Wildman–Crippen LogP) is 0.948. The van der Waals surface area contributed by atoms with E-state index in [2.05, 4.69) is 10.3 Å². The first-order chi connectivity index (χ1) is 9.90. The minimum Gasteiger partial charge on any atom is -0.505 e. The number of pyridine rings is 1. The Morgan fingerprint density at radius 1 is 1.38 bits per heavy atom. The summed E-state index contributed by atoms with van der Waals surface area (Å²) in [4.78, 5) is 37.7. The first kappa shape index (κ1) is 14.9. The van der Waals surface area contributed by atoms with Crippen molar-refractivity contribution < 1.29 is 24.6 Å². The Hall–Kier alpha value is -2.48. The van der Waals surface area contributed by atoms with Gasteiger partial charge >= 0.3 is 5.97 Å². The molecular formula is C13H12N2O5S. The number of aromatic hydroxyl groups is 1. The van der Waals surface area contributed by atoms with Crippen LogP contribution >= 0.6 is 11.3 Å². The van der Waals surface area contributed by atoms with Gasteiger partial charge in [-0.15, -0.1) is 11.3 Å². The van der Waals surface area contributed by atoms with E-state index in [-0.39, 0.29) is 23.6 Å². The zero-order chi connectivity index (χ0) is 15.6. The highest BCUT2D eigenvalue weighted by molar-refractivity contribution is 7.17. The monoisotopic (exact) mass is 308 g/mol. The van der Waals surface area contributed by atoms with E-state index < -0.39 is 18.4 Å². The molecule has 3 N–H and O–H groups in total. The van der Waals surface area contributed by atoms with E-state index in [0.717, 1.165) is 0 Å². The molecule has 0 radical (unpaired) electrons. The SMILES string of the molecule is CC(=O)Cc1nc(C(=O)NCC(=O)O)c(O)c2ccsc12. The van der Waals surface area contributed by atoms with Crippen LogP contribution in [-0.4, -0.2) is 39.4 Å². The highest BCUT2D eigenvalue weighted by Crippen LogP contribution is 2.33. The molecule has 0 saturated heterocycles. The van der Waals surface area contributed by atoms with Crippen LogP contribution in [0.5, 0.6) is 5.75 Å². The number of hydrogen-bond donors (Lipinski definition) is 3. The minimum absolute atomic E-state index is 0.0382. The smallest absolute Gasteiger partial charge is 0.322 e. The van der Waals surface area contributed by atoms with E-state index in [1.54, 1.807) is 11.4 Å². The molecule has 2 heterocycles. The van der Waals surface area contributed by atoms with Crippen LogP contribution < -0.4 is 5.32 Å². The lowest BCUT2D eigenvalue weighted by atomic mass is 10.1. The van der Waals surface area contributed by atoms with Crippen LogP contribution in [0.15, 0.2) is 11.4 Å². The van der Waals surface area contributed by atoms with Gasteiger partial charge in [0.15, 0.2) is 11.4 Å². The Morgan fingerprint density at radius 3 is 2.71 bits per heavy atom. The number of aliphatic carboxylic acids is 1. The van der Waals surface area contributed by atoms with Crippen LogP contribution in [0.25, 0.3) is 10.1 Å². The first-order valence-electron chi connectivity index (χ1n) is 5.98. The fourth-order valence-corrected chi connectivity index (χ4v) is 2.72. The van der Waals surface area contributed by atoms with Gasteiger partial charge in [-0.05, 0) is 18.4 Å². The number of aromatic nitrogens is 1. The summed E-state index contributed by atoms with van der Waals surface area (Å²) < 4.78 is 0.637. The number of Topliss-reactive ketones (excluding diaryl/α,β-unsaturated/α-hetero) is 1. The quantitative estimate of drug-likeness (QED) is 0.757. The Morgan fingerprint density at radius 2 is 2.10 bits per heavy atom. The molecule has 110 valence electrons. The van der Waals surface area contributed by atoms with Crippen LogP contribution in [0.3, 0.4) is 0 Å². The lowest BCUT2D eigenvalue weighted by Crippen LogP contribution is -2.30. The van der Waals surface area contributed by atoms with Crippen LogP contribution in [-0.2, 0) is 16.0 Å². The molecule has 0 unspecified atom stereocenters. The van der Waals surface area contributed by atoms with Crippen molar-refractivity contribution >= 4 is 39.1 Å². The second-order valence-corrected chi connectivity index (χ2v) is 5.29. The molecule has 0 atom stereocenters. The molecule has 8 heteroatoms. The lowest BCUT2D eigenvalue weighted by Gasteiger charge is -2.08. The largest absolute Gasteiger partial charge is 0.505 e. The van der Waals surface area contributed by atoms with Crippen molar-refractivity contribution in [3.8, 4) is 5.75 Å². The third kappa shape index (κ3) is 3.16. The average molecular weight is 308 g/mol. The van der Waals surface area contributed by atoms with Crippen molar-refractivity contribution in [3.05, 3.63) is 22.8 Å². The second kappa shape index (κ2) is 5.88. The number of carboxylic acid groups (broad SMARTS) is 1. The van der Waals surface area contributed by atoms with E-state index in [1.165, 1.54) is 18.3 Å². The summed E-state index contributed by atoms with van der Waals surface area (Å²) in [6.07, 6.45) is 0.0382. The summed E-state index contributed by atoms with van der Waals surface area (Å²) in [5.41, 5.74) is 0.115.